The SMILES string of the molecule is COCC(C)NC(=O)CNCCCCCSC. The molecule has 2 N–H and O–H groups in total. The molecule has 1 atom stereocenters. The lowest BCUT2D eigenvalue weighted by molar-refractivity contribution is -0.121. The summed E-state index contributed by atoms with van der Waals surface area (Å²) >= 11 is 1.89. The van der Waals surface area contributed by atoms with Gasteiger partial charge in [-0.25, -0.2) is 0 Å². The monoisotopic (exact) mass is 262 g/mol. The number of unbranched alkanes of at least 4 members (excludes halogenated alkanes) is 2. The fourth-order valence-electron chi connectivity index (χ4n) is 1.49. The van der Waals surface area contributed by atoms with E-state index in [0.29, 0.717) is 13.2 Å². The fraction of sp³-hybridized carbons (Fsp3) is 0.917. The van der Waals surface area contributed by atoms with Crippen molar-refractivity contribution in [3.05, 3.63) is 0 Å². The topological polar surface area (TPSA) is 50.4 Å². The normalized spacial score (nSPS) is 12.4. The Morgan fingerprint density at radius 2 is 2.12 bits per heavy atom. The van der Waals surface area contributed by atoms with Gasteiger partial charge >= 0.3 is 0 Å². The van der Waals surface area contributed by atoms with Gasteiger partial charge in [0.25, 0.3) is 0 Å². The van der Waals surface area contributed by atoms with Gasteiger partial charge < -0.3 is 15.4 Å². The molecule has 17 heavy (non-hydrogen) atoms. The van der Waals surface area contributed by atoms with Crippen molar-refractivity contribution < 1.29 is 9.53 Å². The van der Waals surface area contributed by atoms with Crippen molar-refractivity contribution in [1.82, 2.24) is 10.6 Å². The third-order valence-electron chi connectivity index (χ3n) is 2.31. The Bertz CT molecular complexity index is 191. The molecule has 0 saturated heterocycles. The van der Waals surface area contributed by atoms with Crippen LogP contribution in [0.4, 0.5) is 0 Å². The molecule has 0 saturated carbocycles. The molecule has 0 aliphatic heterocycles. The first-order chi connectivity index (χ1) is 8.20. The fourth-order valence-corrected chi connectivity index (χ4v) is 1.99. The van der Waals surface area contributed by atoms with Gasteiger partial charge in [-0.1, -0.05) is 6.42 Å². The first kappa shape index (κ1) is 16.7. The van der Waals surface area contributed by atoms with Crippen LogP contribution >= 0.6 is 11.8 Å². The van der Waals surface area contributed by atoms with E-state index in [4.69, 9.17) is 4.74 Å². The van der Waals surface area contributed by atoms with Crippen molar-refractivity contribution in [2.75, 3.05) is 38.8 Å². The largest absolute Gasteiger partial charge is 0.383 e. The molecule has 0 aliphatic carbocycles. The third-order valence-corrected chi connectivity index (χ3v) is 3.01. The van der Waals surface area contributed by atoms with Crippen LogP contribution in [0.1, 0.15) is 26.2 Å². The number of thioether (sulfide) groups is 1. The highest BCUT2D eigenvalue weighted by atomic mass is 32.2. The summed E-state index contributed by atoms with van der Waals surface area (Å²) in [6.07, 6.45) is 5.76. The number of rotatable bonds is 11. The van der Waals surface area contributed by atoms with Crippen LogP contribution in [0.2, 0.25) is 0 Å². The summed E-state index contributed by atoms with van der Waals surface area (Å²) in [7, 11) is 1.63. The summed E-state index contributed by atoms with van der Waals surface area (Å²) in [5.41, 5.74) is 0. The van der Waals surface area contributed by atoms with Crippen molar-refractivity contribution in [3.8, 4) is 0 Å². The van der Waals surface area contributed by atoms with E-state index in [2.05, 4.69) is 16.9 Å². The maximum absolute atomic E-state index is 11.4. The lowest BCUT2D eigenvalue weighted by Crippen LogP contribution is -2.41. The van der Waals surface area contributed by atoms with Crippen LogP contribution in [0.15, 0.2) is 0 Å². The van der Waals surface area contributed by atoms with Crippen LogP contribution in [-0.2, 0) is 9.53 Å². The summed E-state index contributed by atoms with van der Waals surface area (Å²) in [5.74, 6) is 1.27. The summed E-state index contributed by atoms with van der Waals surface area (Å²) in [6.45, 7) is 3.81. The molecule has 0 aromatic carbocycles. The van der Waals surface area contributed by atoms with Crippen molar-refractivity contribution in [3.63, 3.8) is 0 Å². The molecule has 0 heterocycles. The van der Waals surface area contributed by atoms with Gasteiger partial charge in [0.05, 0.1) is 13.2 Å². The molecular weight excluding hydrogens is 236 g/mol. The predicted octanol–water partition coefficient (Wildman–Crippen LogP) is 1.26. The first-order valence-corrected chi connectivity index (χ1v) is 7.58. The Morgan fingerprint density at radius 3 is 2.76 bits per heavy atom. The van der Waals surface area contributed by atoms with Crippen molar-refractivity contribution in [2.24, 2.45) is 0 Å². The summed E-state index contributed by atoms with van der Waals surface area (Å²) < 4.78 is 4.95. The molecule has 1 unspecified atom stereocenters. The molecule has 0 radical (unpaired) electrons. The smallest absolute Gasteiger partial charge is 0.234 e. The molecule has 102 valence electrons. The van der Waals surface area contributed by atoms with Crippen LogP contribution in [0, 0.1) is 0 Å². The van der Waals surface area contributed by atoms with Gasteiger partial charge in [0, 0.05) is 13.2 Å². The number of hydrogen-bond donors (Lipinski definition) is 2. The van der Waals surface area contributed by atoms with Gasteiger partial charge in [-0.3, -0.25) is 4.79 Å². The van der Waals surface area contributed by atoms with Crippen LogP contribution < -0.4 is 10.6 Å². The van der Waals surface area contributed by atoms with E-state index in [1.54, 1.807) is 7.11 Å². The maximum Gasteiger partial charge on any atom is 0.234 e. The van der Waals surface area contributed by atoms with Crippen molar-refractivity contribution in [2.45, 2.75) is 32.2 Å². The van der Waals surface area contributed by atoms with Crippen LogP contribution in [-0.4, -0.2) is 50.8 Å². The molecular formula is C12H26N2O2S. The minimum atomic E-state index is 0.0404. The number of ether oxygens (including phenoxy) is 1. The molecule has 0 fully saturated rings. The quantitative estimate of drug-likeness (QED) is 0.550. The number of amides is 1. The number of methoxy groups -OCH3 is 1. The van der Waals surface area contributed by atoms with E-state index in [1.165, 1.54) is 18.6 Å². The zero-order valence-corrected chi connectivity index (χ0v) is 12.1. The van der Waals surface area contributed by atoms with Gasteiger partial charge in [0.15, 0.2) is 0 Å². The second kappa shape index (κ2) is 12.2. The molecule has 0 rings (SSSR count). The highest BCUT2D eigenvalue weighted by Crippen LogP contribution is 2.00. The Balaban J connectivity index is 3.27. The van der Waals surface area contributed by atoms with Crippen molar-refractivity contribution in [1.29, 1.82) is 0 Å². The number of nitrogens with one attached hydrogen (secondary N) is 2. The summed E-state index contributed by atoms with van der Waals surface area (Å²) in [6, 6.07) is 0.0795. The van der Waals surface area contributed by atoms with Crippen molar-refractivity contribution >= 4 is 17.7 Å². The van der Waals surface area contributed by atoms with E-state index < -0.39 is 0 Å². The lowest BCUT2D eigenvalue weighted by Gasteiger charge is -2.12. The lowest BCUT2D eigenvalue weighted by atomic mass is 10.2. The van der Waals surface area contributed by atoms with E-state index in [1.807, 2.05) is 18.7 Å². The van der Waals surface area contributed by atoms with Crippen LogP contribution in [0.5, 0.6) is 0 Å². The first-order valence-electron chi connectivity index (χ1n) is 6.18. The number of carbonyl (C=O) groups excluding carboxylic acids is 1. The Kier molecular flexibility index (Phi) is 12.0. The molecule has 0 aliphatic rings. The molecule has 0 aromatic heterocycles. The van der Waals surface area contributed by atoms with E-state index in [0.717, 1.165) is 13.0 Å². The Labute approximate surface area is 109 Å². The predicted molar refractivity (Wildman–Crippen MR) is 74.6 cm³/mol. The average molecular weight is 262 g/mol. The Hall–Kier alpha value is -0.260. The molecule has 0 aromatic rings. The average Bonchev–Trinajstić information content (AvgIpc) is 2.28. The van der Waals surface area contributed by atoms with Crippen LogP contribution in [0.25, 0.3) is 0 Å². The summed E-state index contributed by atoms with van der Waals surface area (Å²) in [4.78, 5) is 11.4. The van der Waals surface area contributed by atoms with Gasteiger partial charge in [0.2, 0.25) is 5.91 Å². The molecule has 5 heteroatoms. The third kappa shape index (κ3) is 12.0. The van der Waals surface area contributed by atoms with Gasteiger partial charge in [-0.15, -0.1) is 0 Å². The van der Waals surface area contributed by atoms with E-state index in [-0.39, 0.29) is 11.9 Å². The van der Waals surface area contributed by atoms with E-state index >= 15 is 0 Å². The molecule has 4 nitrogen and oxygen atoms in total. The second-order valence-electron chi connectivity index (χ2n) is 4.15. The zero-order chi connectivity index (χ0) is 12.9. The number of carbonyl (C=O) groups is 1. The standard InChI is InChI=1S/C12H26N2O2S/c1-11(10-16-2)14-12(15)9-13-7-5-4-6-8-17-3/h11,13H,4-10H2,1-3H3,(H,14,15). The highest BCUT2D eigenvalue weighted by Gasteiger charge is 2.05. The molecule has 0 bridgehead atoms. The van der Waals surface area contributed by atoms with Crippen LogP contribution in [0.3, 0.4) is 0 Å². The van der Waals surface area contributed by atoms with Gasteiger partial charge in [-0.05, 0) is 38.3 Å². The minimum absolute atomic E-state index is 0.0404. The minimum Gasteiger partial charge on any atom is -0.383 e. The second-order valence-corrected chi connectivity index (χ2v) is 5.14. The zero-order valence-electron chi connectivity index (χ0n) is 11.3. The maximum atomic E-state index is 11.4. The highest BCUT2D eigenvalue weighted by molar-refractivity contribution is 7.98. The molecule has 1 amide bonds. The van der Waals surface area contributed by atoms with Gasteiger partial charge in [0.1, 0.15) is 0 Å². The summed E-state index contributed by atoms with van der Waals surface area (Å²) in [5, 5.41) is 6.01. The molecule has 0 spiro atoms. The van der Waals surface area contributed by atoms with E-state index in [9.17, 15) is 4.79 Å². The number of hydrogen-bond acceptors (Lipinski definition) is 4. The van der Waals surface area contributed by atoms with Gasteiger partial charge in [-0.2, -0.15) is 11.8 Å². The Morgan fingerprint density at radius 1 is 1.35 bits per heavy atom.